The fourth-order valence-electron chi connectivity index (χ4n) is 1.80. The number of nitrogens with one attached hydrogen (secondary N) is 1. The SMILES string of the molecule is C/C(=N/Nc1c(Cl)cc(Cl)cc1Cl)c1ccc(S(C)(=O)=O)cc1. The predicted molar refractivity (Wildman–Crippen MR) is 96.9 cm³/mol. The smallest absolute Gasteiger partial charge is 0.175 e. The third-order valence-electron chi connectivity index (χ3n) is 3.04. The average molecular weight is 392 g/mol. The summed E-state index contributed by atoms with van der Waals surface area (Å²) < 4.78 is 22.9. The lowest BCUT2D eigenvalue weighted by Gasteiger charge is -2.08. The van der Waals surface area contributed by atoms with Crippen LogP contribution in [-0.4, -0.2) is 20.4 Å². The average Bonchev–Trinajstić information content (AvgIpc) is 2.45. The summed E-state index contributed by atoms with van der Waals surface area (Å²) in [5.41, 5.74) is 4.66. The van der Waals surface area contributed by atoms with Crippen LogP contribution in [0.1, 0.15) is 12.5 Å². The molecule has 0 heterocycles. The number of sulfone groups is 1. The first-order valence-electron chi connectivity index (χ1n) is 6.44. The zero-order valence-corrected chi connectivity index (χ0v) is 15.4. The number of nitrogens with zero attached hydrogens (tertiary/aromatic N) is 1. The molecule has 122 valence electrons. The highest BCUT2D eigenvalue weighted by atomic mass is 35.5. The number of halogens is 3. The Labute approximate surface area is 150 Å². The van der Waals surface area contributed by atoms with E-state index in [4.69, 9.17) is 34.8 Å². The van der Waals surface area contributed by atoms with Gasteiger partial charge in [0, 0.05) is 11.3 Å². The number of rotatable bonds is 4. The summed E-state index contributed by atoms with van der Waals surface area (Å²) in [6, 6.07) is 9.55. The number of hydrogen-bond acceptors (Lipinski definition) is 4. The van der Waals surface area contributed by atoms with Crippen LogP contribution in [-0.2, 0) is 9.84 Å². The summed E-state index contributed by atoms with van der Waals surface area (Å²) in [7, 11) is -3.22. The summed E-state index contributed by atoms with van der Waals surface area (Å²) in [6.07, 6.45) is 1.16. The van der Waals surface area contributed by atoms with Crippen molar-refractivity contribution in [1.29, 1.82) is 0 Å². The molecule has 0 amide bonds. The summed E-state index contributed by atoms with van der Waals surface area (Å²) >= 11 is 18.0. The second-order valence-electron chi connectivity index (χ2n) is 4.85. The van der Waals surface area contributed by atoms with Crippen molar-refractivity contribution in [3.8, 4) is 0 Å². The maximum atomic E-state index is 11.4. The second kappa shape index (κ2) is 7.09. The molecule has 0 bridgehead atoms. The minimum absolute atomic E-state index is 0.255. The maximum absolute atomic E-state index is 11.4. The van der Waals surface area contributed by atoms with Gasteiger partial charge in [0.05, 0.1) is 26.3 Å². The standard InChI is InChI=1S/C15H13Cl3N2O2S/c1-9(10-3-5-12(6-4-10)23(2,21)22)19-20-15-13(17)7-11(16)8-14(15)18/h3-8,20H,1-2H3/b19-9-. The Hall–Kier alpha value is -1.27. The molecule has 0 unspecified atom stereocenters. The minimum atomic E-state index is -3.22. The van der Waals surface area contributed by atoms with Gasteiger partial charge in [-0.15, -0.1) is 0 Å². The summed E-state index contributed by atoms with van der Waals surface area (Å²) in [6.45, 7) is 1.78. The van der Waals surface area contributed by atoms with Gasteiger partial charge in [0.25, 0.3) is 0 Å². The van der Waals surface area contributed by atoms with Crippen molar-refractivity contribution in [2.75, 3.05) is 11.7 Å². The molecular formula is C15H13Cl3N2O2S. The number of hydrazone groups is 1. The van der Waals surface area contributed by atoms with E-state index in [1.807, 2.05) is 0 Å². The molecule has 4 nitrogen and oxygen atoms in total. The van der Waals surface area contributed by atoms with Crippen LogP contribution in [0.2, 0.25) is 15.1 Å². The van der Waals surface area contributed by atoms with E-state index >= 15 is 0 Å². The quantitative estimate of drug-likeness (QED) is 0.596. The fraction of sp³-hybridized carbons (Fsp3) is 0.133. The maximum Gasteiger partial charge on any atom is 0.175 e. The van der Waals surface area contributed by atoms with Gasteiger partial charge in [0.1, 0.15) is 0 Å². The van der Waals surface area contributed by atoms with Crippen molar-refractivity contribution in [3.63, 3.8) is 0 Å². The van der Waals surface area contributed by atoms with E-state index in [-0.39, 0.29) is 4.90 Å². The molecule has 8 heteroatoms. The van der Waals surface area contributed by atoms with Gasteiger partial charge in [0.2, 0.25) is 0 Å². The van der Waals surface area contributed by atoms with E-state index in [2.05, 4.69) is 10.5 Å². The van der Waals surface area contributed by atoms with Gasteiger partial charge in [-0.25, -0.2) is 8.42 Å². The van der Waals surface area contributed by atoms with Crippen LogP contribution in [0.4, 0.5) is 5.69 Å². The van der Waals surface area contributed by atoms with E-state index < -0.39 is 9.84 Å². The third-order valence-corrected chi connectivity index (χ3v) is 4.99. The van der Waals surface area contributed by atoms with Crippen LogP contribution >= 0.6 is 34.8 Å². The molecule has 2 aromatic carbocycles. The van der Waals surface area contributed by atoms with Gasteiger partial charge >= 0.3 is 0 Å². The van der Waals surface area contributed by atoms with Crippen molar-refractivity contribution in [1.82, 2.24) is 0 Å². The van der Waals surface area contributed by atoms with Crippen LogP contribution in [0, 0.1) is 0 Å². The molecule has 0 fully saturated rings. The molecule has 0 radical (unpaired) electrons. The highest BCUT2D eigenvalue weighted by molar-refractivity contribution is 7.90. The first-order chi connectivity index (χ1) is 10.7. The lowest BCUT2D eigenvalue weighted by atomic mass is 10.1. The first kappa shape index (κ1) is 18.1. The Morgan fingerprint density at radius 2 is 1.57 bits per heavy atom. The molecule has 0 saturated carbocycles. The van der Waals surface area contributed by atoms with E-state index in [0.29, 0.717) is 26.5 Å². The Kier molecular flexibility index (Phi) is 5.57. The third kappa shape index (κ3) is 4.61. The predicted octanol–water partition coefficient (Wildman–Crippen LogP) is 4.89. The van der Waals surface area contributed by atoms with Crippen LogP contribution in [0.3, 0.4) is 0 Å². The Morgan fingerprint density at radius 3 is 2.04 bits per heavy atom. The topological polar surface area (TPSA) is 58.5 Å². The molecule has 0 saturated heterocycles. The molecule has 0 aliphatic heterocycles. The van der Waals surface area contributed by atoms with Crippen molar-refractivity contribution in [3.05, 3.63) is 57.0 Å². The van der Waals surface area contributed by atoms with Crippen LogP contribution in [0.5, 0.6) is 0 Å². The molecule has 23 heavy (non-hydrogen) atoms. The van der Waals surface area contributed by atoms with Crippen molar-refractivity contribution >= 4 is 56.0 Å². The molecule has 1 N–H and O–H groups in total. The summed E-state index contributed by atoms with van der Waals surface area (Å²) in [5.74, 6) is 0. The zero-order chi connectivity index (χ0) is 17.2. The van der Waals surface area contributed by atoms with E-state index in [1.54, 1.807) is 31.2 Å². The van der Waals surface area contributed by atoms with Crippen molar-refractivity contribution in [2.24, 2.45) is 5.10 Å². The lowest BCUT2D eigenvalue weighted by Crippen LogP contribution is -2.02. The van der Waals surface area contributed by atoms with Gasteiger partial charge in [-0.2, -0.15) is 5.10 Å². The summed E-state index contributed by atoms with van der Waals surface area (Å²) in [4.78, 5) is 0.255. The Balaban J connectivity index is 2.24. The van der Waals surface area contributed by atoms with Crippen LogP contribution < -0.4 is 5.43 Å². The molecule has 0 aliphatic carbocycles. The molecular weight excluding hydrogens is 379 g/mol. The van der Waals surface area contributed by atoms with Gasteiger partial charge in [0.15, 0.2) is 9.84 Å². The van der Waals surface area contributed by atoms with E-state index in [1.165, 1.54) is 12.1 Å². The summed E-state index contributed by atoms with van der Waals surface area (Å²) in [5, 5.41) is 5.35. The highest BCUT2D eigenvalue weighted by Crippen LogP contribution is 2.33. The van der Waals surface area contributed by atoms with Crippen LogP contribution in [0.15, 0.2) is 46.4 Å². The number of anilines is 1. The molecule has 0 aliphatic rings. The van der Waals surface area contributed by atoms with Crippen molar-refractivity contribution in [2.45, 2.75) is 11.8 Å². The number of benzene rings is 2. The fourth-order valence-corrected chi connectivity index (χ4v) is 3.33. The molecule has 0 spiro atoms. The largest absolute Gasteiger partial charge is 0.275 e. The minimum Gasteiger partial charge on any atom is -0.275 e. The Bertz CT molecular complexity index is 840. The second-order valence-corrected chi connectivity index (χ2v) is 8.12. The Morgan fingerprint density at radius 1 is 1.04 bits per heavy atom. The zero-order valence-electron chi connectivity index (χ0n) is 12.3. The lowest BCUT2D eigenvalue weighted by molar-refractivity contribution is 0.602. The van der Waals surface area contributed by atoms with Gasteiger partial charge in [-0.1, -0.05) is 46.9 Å². The number of hydrogen-bond donors (Lipinski definition) is 1. The van der Waals surface area contributed by atoms with E-state index in [0.717, 1.165) is 11.8 Å². The van der Waals surface area contributed by atoms with Crippen molar-refractivity contribution < 1.29 is 8.42 Å². The molecule has 0 atom stereocenters. The van der Waals surface area contributed by atoms with Crippen LogP contribution in [0.25, 0.3) is 0 Å². The van der Waals surface area contributed by atoms with Gasteiger partial charge in [-0.3, -0.25) is 5.43 Å². The monoisotopic (exact) mass is 390 g/mol. The highest BCUT2D eigenvalue weighted by Gasteiger charge is 2.09. The first-order valence-corrected chi connectivity index (χ1v) is 9.46. The normalized spacial score (nSPS) is 12.3. The van der Waals surface area contributed by atoms with Gasteiger partial charge in [-0.05, 0) is 36.8 Å². The molecule has 2 aromatic rings. The molecule has 0 aromatic heterocycles. The van der Waals surface area contributed by atoms with E-state index in [9.17, 15) is 8.42 Å². The molecule has 2 rings (SSSR count). The van der Waals surface area contributed by atoms with Gasteiger partial charge < -0.3 is 0 Å².